The Morgan fingerprint density at radius 1 is 1.23 bits per heavy atom. The topological polar surface area (TPSA) is 92.8 Å². The van der Waals surface area contributed by atoms with Gasteiger partial charge in [-0.3, -0.25) is 4.79 Å². The molecular weight excluding hydrogens is 478 g/mol. The van der Waals surface area contributed by atoms with E-state index >= 15 is 0 Å². The molecule has 7 nitrogen and oxygen atoms in total. The van der Waals surface area contributed by atoms with Gasteiger partial charge < -0.3 is 14.6 Å². The van der Waals surface area contributed by atoms with E-state index in [2.05, 4.69) is 21.6 Å². The van der Waals surface area contributed by atoms with Crippen molar-refractivity contribution in [2.75, 3.05) is 11.1 Å². The van der Waals surface area contributed by atoms with Crippen LogP contribution in [0.25, 0.3) is 0 Å². The van der Waals surface area contributed by atoms with Gasteiger partial charge in [-0.15, -0.1) is 21.5 Å². The van der Waals surface area contributed by atoms with Crippen molar-refractivity contribution >= 4 is 34.0 Å². The van der Waals surface area contributed by atoms with E-state index in [0.29, 0.717) is 22.3 Å². The minimum atomic E-state index is -0.280. The second-order valence-electron chi connectivity index (χ2n) is 8.73. The summed E-state index contributed by atoms with van der Waals surface area (Å²) in [5.74, 6) is 1.55. The number of anilines is 1. The molecule has 1 unspecified atom stereocenters. The maximum Gasteiger partial charge on any atom is 0.235 e. The number of thioether (sulfide) groups is 1. The minimum Gasteiger partial charge on any atom is -0.483 e. The van der Waals surface area contributed by atoms with E-state index in [1.54, 1.807) is 11.3 Å². The minimum absolute atomic E-state index is 0.142. The van der Waals surface area contributed by atoms with E-state index < -0.39 is 0 Å². The van der Waals surface area contributed by atoms with Crippen molar-refractivity contribution in [3.05, 3.63) is 51.7 Å². The van der Waals surface area contributed by atoms with Crippen LogP contribution in [-0.2, 0) is 24.2 Å². The van der Waals surface area contributed by atoms with Crippen LogP contribution in [0.5, 0.6) is 5.75 Å². The Kier molecular flexibility index (Phi) is 8.47. The Hall–Kier alpha value is -2.83. The molecule has 184 valence electrons. The van der Waals surface area contributed by atoms with E-state index in [1.165, 1.54) is 35.0 Å². The third-order valence-corrected chi connectivity index (χ3v) is 8.30. The molecule has 1 amide bonds. The average Bonchev–Trinajstić information content (AvgIpc) is 3.39. The maximum absolute atomic E-state index is 12.8. The fourth-order valence-corrected chi connectivity index (χ4v) is 6.36. The number of hydrogen-bond donors (Lipinski definition) is 1. The number of fused-ring (bicyclic) bond motifs is 1. The van der Waals surface area contributed by atoms with E-state index in [4.69, 9.17) is 4.74 Å². The number of aryl methyl sites for hydroxylation is 2. The van der Waals surface area contributed by atoms with Crippen LogP contribution in [0.1, 0.15) is 73.0 Å². The van der Waals surface area contributed by atoms with Gasteiger partial charge in [0.15, 0.2) is 17.1 Å². The van der Waals surface area contributed by atoms with Crippen molar-refractivity contribution in [1.82, 2.24) is 14.8 Å². The Morgan fingerprint density at radius 3 is 2.69 bits per heavy atom. The van der Waals surface area contributed by atoms with Crippen LogP contribution >= 0.6 is 23.1 Å². The highest BCUT2D eigenvalue weighted by Crippen LogP contribution is 2.36. The van der Waals surface area contributed by atoms with Gasteiger partial charge in [0.05, 0.1) is 11.3 Å². The quantitative estimate of drug-likeness (QED) is 0.371. The van der Waals surface area contributed by atoms with Crippen molar-refractivity contribution in [2.24, 2.45) is 0 Å². The summed E-state index contributed by atoms with van der Waals surface area (Å²) in [6, 6.07) is 10.2. The van der Waals surface area contributed by atoms with Gasteiger partial charge in [0.25, 0.3) is 0 Å². The van der Waals surface area contributed by atoms with Gasteiger partial charge in [0.1, 0.15) is 16.8 Å². The molecule has 2 heterocycles. The van der Waals surface area contributed by atoms with Crippen LogP contribution < -0.4 is 10.1 Å². The van der Waals surface area contributed by atoms with Crippen molar-refractivity contribution < 1.29 is 9.53 Å². The number of carbonyl (C=O) groups is 1. The number of thiophene rings is 1. The third kappa shape index (κ3) is 6.06. The molecule has 1 N–H and O–H groups in total. The van der Waals surface area contributed by atoms with Gasteiger partial charge >= 0.3 is 0 Å². The van der Waals surface area contributed by atoms with Crippen molar-refractivity contribution in [3.63, 3.8) is 0 Å². The number of rotatable bonds is 8. The van der Waals surface area contributed by atoms with Crippen LogP contribution in [0.2, 0.25) is 0 Å². The zero-order valence-electron chi connectivity index (χ0n) is 20.5. The Labute approximate surface area is 214 Å². The number of hydrogen-bond acceptors (Lipinski definition) is 7. The third-order valence-electron chi connectivity index (χ3n) is 6.13. The Morgan fingerprint density at radius 2 is 1.97 bits per heavy atom. The summed E-state index contributed by atoms with van der Waals surface area (Å²) in [7, 11) is 0. The highest BCUT2D eigenvalue weighted by molar-refractivity contribution is 7.99. The zero-order valence-corrected chi connectivity index (χ0v) is 22.1. The number of nitriles is 1. The largest absolute Gasteiger partial charge is 0.483 e. The summed E-state index contributed by atoms with van der Waals surface area (Å²) < 4.78 is 8.04. The molecule has 0 saturated heterocycles. The molecule has 0 aliphatic heterocycles. The number of nitrogens with one attached hydrogen (secondary N) is 1. The molecule has 0 spiro atoms. The molecule has 2 aromatic heterocycles. The monoisotopic (exact) mass is 509 g/mol. The SMILES string of the molecule is CCn1c(SCC(=O)Nc2sc3c(c2C#N)CCCCCC3)nnc1C(C)Oc1ccc(C)cc1. The lowest BCUT2D eigenvalue weighted by Gasteiger charge is -2.15. The highest BCUT2D eigenvalue weighted by atomic mass is 32.2. The average molecular weight is 510 g/mol. The van der Waals surface area contributed by atoms with Gasteiger partial charge in [-0.05, 0) is 64.2 Å². The summed E-state index contributed by atoms with van der Waals surface area (Å²) in [5, 5.41) is 22.8. The number of aromatic nitrogens is 3. The molecule has 1 aromatic carbocycles. The van der Waals surface area contributed by atoms with E-state index in [0.717, 1.165) is 42.8 Å². The van der Waals surface area contributed by atoms with E-state index in [-0.39, 0.29) is 17.8 Å². The normalized spacial score (nSPS) is 14.3. The smallest absolute Gasteiger partial charge is 0.235 e. The van der Waals surface area contributed by atoms with Crippen LogP contribution in [0.3, 0.4) is 0 Å². The van der Waals surface area contributed by atoms with Crippen LogP contribution in [0, 0.1) is 18.3 Å². The van der Waals surface area contributed by atoms with Crippen molar-refractivity contribution in [2.45, 2.75) is 77.1 Å². The first-order valence-corrected chi connectivity index (χ1v) is 13.9. The summed E-state index contributed by atoms with van der Waals surface area (Å²) >= 11 is 2.91. The molecule has 0 fully saturated rings. The lowest BCUT2D eigenvalue weighted by atomic mass is 9.97. The summed E-state index contributed by atoms with van der Waals surface area (Å²) in [6.45, 7) is 6.68. The maximum atomic E-state index is 12.8. The van der Waals surface area contributed by atoms with Gasteiger partial charge in [0.2, 0.25) is 5.91 Å². The van der Waals surface area contributed by atoms with Crippen LogP contribution in [0.15, 0.2) is 29.4 Å². The first kappa shape index (κ1) is 25.3. The van der Waals surface area contributed by atoms with Gasteiger partial charge in [0, 0.05) is 11.4 Å². The van der Waals surface area contributed by atoms with Gasteiger partial charge in [-0.2, -0.15) is 5.26 Å². The molecule has 1 atom stereocenters. The fraction of sp³-hybridized carbons (Fsp3) is 0.462. The lowest BCUT2D eigenvalue weighted by molar-refractivity contribution is -0.113. The number of benzene rings is 1. The van der Waals surface area contributed by atoms with Crippen molar-refractivity contribution in [3.8, 4) is 11.8 Å². The molecule has 0 radical (unpaired) electrons. The molecule has 0 saturated carbocycles. The van der Waals surface area contributed by atoms with Crippen LogP contribution in [0.4, 0.5) is 5.00 Å². The number of ether oxygens (including phenoxy) is 1. The molecule has 3 aromatic rings. The molecule has 0 bridgehead atoms. The number of nitrogens with zero attached hydrogens (tertiary/aromatic N) is 4. The predicted octanol–water partition coefficient (Wildman–Crippen LogP) is 6.07. The molecule has 4 rings (SSSR count). The summed E-state index contributed by atoms with van der Waals surface area (Å²) in [6.07, 6.45) is 6.30. The predicted molar refractivity (Wildman–Crippen MR) is 140 cm³/mol. The summed E-state index contributed by atoms with van der Waals surface area (Å²) in [5.41, 5.74) is 2.96. The molecular formula is C26H31N5O2S2. The highest BCUT2D eigenvalue weighted by Gasteiger charge is 2.22. The van der Waals surface area contributed by atoms with E-state index in [9.17, 15) is 10.1 Å². The second kappa shape index (κ2) is 11.7. The molecule has 1 aliphatic carbocycles. The first-order chi connectivity index (χ1) is 17.0. The standard InChI is InChI=1S/C26H31N5O2S2/c1-4-31-24(18(3)33-19-13-11-17(2)12-14-19)29-30-26(31)34-16-23(32)28-25-21(15-27)20-9-7-5-6-8-10-22(20)35-25/h11-14,18H,4-10,16H2,1-3H3,(H,28,32). The van der Waals surface area contributed by atoms with Crippen LogP contribution in [-0.4, -0.2) is 26.4 Å². The van der Waals surface area contributed by atoms with Crippen molar-refractivity contribution in [1.29, 1.82) is 5.26 Å². The molecule has 35 heavy (non-hydrogen) atoms. The second-order valence-corrected chi connectivity index (χ2v) is 10.8. The summed E-state index contributed by atoms with van der Waals surface area (Å²) in [4.78, 5) is 14.0. The van der Waals surface area contributed by atoms with Gasteiger partial charge in [-0.25, -0.2) is 0 Å². The first-order valence-electron chi connectivity index (χ1n) is 12.1. The zero-order chi connectivity index (χ0) is 24.8. The molecule has 9 heteroatoms. The fourth-order valence-electron chi connectivity index (χ4n) is 4.30. The lowest BCUT2D eigenvalue weighted by Crippen LogP contribution is -2.15. The Bertz CT molecular complexity index is 1210. The van der Waals surface area contributed by atoms with E-state index in [1.807, 2.05) is 49.6 Å². The number of amides is 1. The molecule has 1 aliphatic rings. The number of carbonyl (C=O) groups excluding carboxylic acids is 1. The van der Waals surface area contributed by atoms with Gasteiger partial charge in [-0.1, -0.05) is 42.3 Å². The Balaban J connectivity index is 1.40.